The van der Waals surface area contributed by atoms with Crippen LogP contribution >= 0.6 is 7.82 Å². The first-order chi connectivity index (χ1) is 5.90. The molecule has 0 N–H and O–H groups in total. The zero-order valence-corrected chi connectivity index (χ0v) is 8.45. The van der Waals surface area contributed by atoms with E-state index in [1.54, 1.807) is 13.8 Å². The topological polar surface area (TPSA) is 92.7 Å². The fourth-order valence-electron chi connectivity index (χ4n) is 0.802. The summed E-state index contributed by atoms with van der Waals surface area (Å²) >= 11 is 0. The lowest BCUT2D eigenvalue weighted by Crippen LogP contribution is -2.34. The van der Waals surface area contributed by atoms with E-state index in [0.717, 1.165) is 0 Å². The summed E-state index contributed by atoms with van der Waals surface area (Å²) in [6.45, 7) is 3.71. The highest BCUT2D eigenvalue weighted by Crippen LogP contribution is 2.23. The van der Waals surface area contributed by atoms with E-state index in [0.29, 0.717) is 13.1 Å². The molecule has 0 fully saturated rings. The molecule has 0 bridgehead atoms. The Labute approximate surface area is 76.7 Å². The smallest absolute Gasteiger partial charge is 0.248 e. The molecule has 1 amide bonds. The van der Waals surface area contributed by atoms with Crippen LogP contribution in [0.5, 0.6) is 0 Å². The maximum absolute atomic E-state index is 11.1. The van der Waals surface area contributed by atoms with Gasteiger partial charge in [-0.15, -0.1) is 0 Å². The third-order valence-electron chi connectivity index (χ3n) is 1.46. The van der Waals surface area contributed by atoms with Gasteiger partial charge in [0.25, 0.3) is 0 Å². The summed E-state index contributed by atoms with van der Waals surface area (Å²) < 4.78 is 13.8. The summed E-state index contributed by atoms with van der Waals surface area (Å²) in [4.78, 5) is 32.5. The minimum absolute atomic E-state index is 0.459. The van der Waals surface area contributed by atoms with Gasteiger partial charge in [-0.3, -0.25) is 4.79 Å². The second-order valence-electron chi connectivity index (χ2n) is 2.29. The van der Waals surface area contributed by atoms with Gasteiger partial charge >= 0.3 is 0 Å². The lowest BCUT2D eigenvalue weighted by Gasteiger charge is -2.29. The lowest BCUT2D eigenvalue weighted by molar-refractivity contribution is -0.341. The fourth-order valence-corrected chi connectivity index (χ4v) is 1.07. The van der Waals surface area contributed by atoms with Gasteiger partial charge in [-0.05, 0) is 13.8 Å². The molecule has 0 aromatic heterocycles. The Morgan fingerprint density at radius 1 is 1.38 bits per heavy atom. The first kappa shape index (κ1) is 12.6. The fraction of sp³-hybridized carbons (Fsp3) is 0.833. The average Bonchev–Trinajstić information content (AvgIpc) is 2.02. The molecule has 0 heterocycles. The molecule has 0 aliphatic rings. The molecular formula is C6H12NO5P-2. The molecule has 0 unspecified atom stereocenters. The number of amides is 1. The summed E-state index contributed by atoms with van der Waals surface area (Å²) in [6.07, 6.45) is 0. The molecule has 0 aromatic carbocycles. The van der Waals surface area contributed by atoms with Gasteiger partial charge in [-0.1, -0.05) is 0 Å². The third kappa shape index (κ3) is 5.76. The summed E-state index contributed by atoms with van der Waals surface area (Å²) in [6, 6.07) is 0. The van der Waals surface area contributed by atoms with E-state index in [2.05, 4.69) is 4.52 Å². The number of phosphoric acid groups is 1. The van der Waals surface area contributed by atoms with Crippen LogP contribution in [0.2, 0.25) is 0 Å². The zero-order chi connectivity index (χ0) is 10.5. The molecule has 0 spiro atoms. The largest absolute Gasteiger partial charge is 0.790 e. The van der Waals surface area contributed by atoms with Crippen molar-refractivity contribution in [3.05, 3.63) is 0 Å². The van der Waals surface area contributed by atoms with Gasteiger partial charge in [0.2, 0.25) is 5.91 Å². The number of hydrogen-bond acceptors (Lipinski definition) is 5. The Morgan fingerprint density at radius 3 is 2.15 bits per heavy atom. The Bertz CT molecular complexity index is 209. The molecule has 0 saturated carbocycles. The number of likely N-dealkylation sites (N-methyl/N-ethyl adjacent to an activating group) is 1. The molecule has 13 heavy (non-hydrogen) atoms. The molecule has 0 atom stereocenters. The van der Waals surface area contributed by atoms with Gasteiger partial charge < -0.3 is 23.8 Å². The molecule has 0 aliphatic heterocycles. The summed E-state index contributed by atoms with van der Waals surface area (Å²) in [5.41, 5.74) is 0. The first-order valence-electron chi connectivity index (χ1n) is 3.85. The van der Waals surface area contributed by atoms with Crippen molar-refractivity contribution in [3.8, 4) is 0 Å². The normalized spacial score (nSPS) is 11.4. The van der Waals surface area contributed by atoms with Crippen LogP contribution in [0.25, 0.3) is 0 Å². The highest BCUT2D eigenvalue weighted by Gasteiger charge is 2.09. The standard InChI is InChI=1S/C6H14NO5P/c1-3-7(4-2)6(8)5-12-13(9,10)11/h3-5H2,1-2H3,(H2,9,10,11)/p-2. The summed E-state index contributed by atoms with van der Waals surface area (Å²) in [5.74, 6) is -0.503. The van der Waals surface area contributed by atoms with E-state index in [4.69, 9.17) is 0 Å². The Balaban J connectivity index is 3.93. The molecule has 0 radical (unpaired) electrons. The molecule has 0 saturated heterocycles. The highest BCUT2D eigenvalue weighted by molar-refractivity contribution is 7.43. The van der Waals surface area contributed by atoms with E-state index in [-0.39, 0.29) is 0 Å². The zero-order valence-electron chi connectivity index (χ0n) is 7.56. The van der Waals surface area contributed by atoms with E-state index in [1.807, 2.05) is 0 Å². The number of phosphoric ester groups is 1. The van der Waals surface area contributed by atoms with Gasteiger partial charge in [0.15, 0.2) is 0 Å². The minimum Gasteiger partial charge on any atom is -0.790 e. The van der Waals surface area contributed by atoms with Crippen molar-refractivity contribution in [2.75, 3.05) is 19.7 Å². The van der Waals surface area contributed by atoms with Crippen LogP contribution in [-0.2, 0) is 13.9 Å². The van der Waals surface area contributed by atoms with Crippen molar-refractivity contribution in [1.82, 2.24) is 4.90 Å². The Morgan fingerprint density at radius 2 is 1.85 bits per heavy atom. The third-order valence-corrected chi connectivity index (χ3v) is 1.91. The van der Waals surface area contributed by atoms with Crippen LogP contribution in [0.4, 0.5) is 0 Å². The molecule has 78 valence electrons. The first-order valence-corrected chi connectivity index (χ1v) is 5.31. The second kappa shape index (κ2) is 5.34. The molecule has 0 rings (SSSR count). The van der Waals surface area contributed by atoms with Crippen molar-refractivity contribution in [3.63, 3.8) is 0 Å². The van der Waals surface area contributed by atoms with Gasteiger partial charge in [-0.25, -0.2) is 0 Å². The van der Waals surface area contributed by atoms with Gasteiger partial charge in [0.1, 0.15) is 6.61 Å². The Hall–Kier alpha value is -0.420. The van der Waals surface area contributed by atoms with Gasteiger partial charge in [0, 0.05) is 13.1 Å². The number of carbonyl (C=O) groups excluding carboxylic acids is 1. The monoisotopic (exact) mass is 209 g/mol. The van der Waals surface area contributed by atoms with Crippen molar-refractivity contribution in [2.45, 2.75) is 13.8 Å². The molecule has 0 aliphatic carbocycles. The van der Waals surface area contributed by atoms with Crippen LogP contribution in [0.1, 0.15) is 13.8 Å². The van der Waals surface area contributed by atoms with Crippen LogP contribution in [-0.4, -0.2) is 30.5 Å². The highest BCUT2D eigenvalue weighted by atomic mass is 31.2. The SMILES string of the molecule is CCN(CC)C(=O)COP(=O)([O-])[O-]. The van der Waals surface area contributed by atoms with Crippen LogP contribution in [0.15, 0.2) is 0 Å². The van der Waals surface area contributed by atoms with Gasteiger partial charge in [-0.2, -0.15) is 0 Å². The quantitative estimate of drug-likeness (QED) is 0.524. The summed E-state index contributed by atoms with van der Waals surface area (Å²) in [5, 5.41) is 0. The maximum atomic E-state index is 11.1. The molecule has 7 heteroatoms. The Kier molecular flexibility index (Phi) is 5.17. The van der Waals surface area contributed by atoms with Crippen LogP contribution in [0.3, 0.4) is 0 Å². The van der Waals surface area contributed by atoms with Gasteiger partial charge in [0.05, 0.1) is 7.82 Å². The molecule has 6 nitrogen and oxygen atoms in total. The molecule has 0 aromatic rings. The molecular weight excluding hydrogens is 197 g/mol. The van der Waals surface area contributed by atoms with E-state index in [9.17, 15) is 19.1 Å². The number of carbonyl (C=O) groups is 1. The predicted molar refractivity (Wildman–Crippen MR) is 41.5 cm³/mol. The number of hydrogen-bond donors (Lipinski definition) is 0. The minimum atomic E-state index is -5.03. The van der Waals surface area contributed by atoms with E-state index in [1.165, 1.54) is 4.90 Å². The second-order valence-corrected chi connectivity index (χ2v) is 3.44. The van der Waals surface area contributed by atoms with E-state index < -0.39 is 20.3 Å². The predicted octanol–water partition coefficient (Wildman–Crippen LogP) is -1.30. The van der Waals surface area contributed by atoms with E-state index >= 15 is 0 Å². The van der Waals surface area contributed by atoms with Crippen LogP contribution in [0, 0.1) is 0 Å². The summed E-state index contributed by atoms with van der Waals surface area (Å²) in [7, 11) is -5.03. The average molecular weight is 209 g/mol. The van der Waals surface area contributed by atoms with Crippen molar-refractivity contribution in [1.29, 1.82) is 0 Å². The van der Waals surface area contributed by atoms with Crippen molar-refractivity contribution < 1.29 is 23.7 Å². The van der Waals surface area contributed by atoms with Crippen LogP contribution < -0.4 is 9.79 Å². The maximum Gasteiger partial charge on any atom is 0.248 e. The number of nitrogens with zero attached hydrogens (tertiary/aromatic N) is 1. The lowest BCUT2D eigenvalue weighted by atomic mass is 10.5. The van der Waals surface area contributed by atoms with Crippen molar-refractivity contribution >= 4 is 13.7 Å². The number of rotatable bonds is 5. The van der Waals surface area contributed by atoms with Crippen molar-refractivity contribution in [2.24, 2.45) is 0 Å².